The molecule has 0 saturated carbocycles. The van der Waals surface area contributed by atoms with Crippen molar-refractivity contribution in [2.24, 2.45) is 0 Å². The Bertz CT molecular complexity index is 576. The van der Waals surface area contributed by atoms with Gasteiger partial charge in [-0.1, -0.05) is 0 Å². The van der Waals surface area contributed by atoms with Crippen LogP contribution in [-0.2, 0) is 0 Å². The zero-order valence-electron chi connectivity index (χ0n) is 8.83. The lowest BCUT2D eigenvalue weighted by Crippen LogP contribution is -2.04. The van der Waals surface area contributed by atoms with Crippen LogP contribution in [0.5, 0.6) is 0 Å². The molecule has 2 rings (SSSR count). The Kier molecular flexibility index (Phi) is 3.02. The first kappa shape index (κ1) is 11.9. The van der Waals surface area contributed by atoms with Gasteiger partial charge in [-0.2, -0.15) is 0 Å². The monoisotopic (exact) mass is 298 g/mol. The fourth-order valence-electron chi connectivity index (χ4n) is 1.69. The Morgan fingerprint density at radius 1 is 1.53 bits per heavy atom. The van der Waals surface area contributed by atoms with Crippen molar-refractivity contribution in [3.05, 3.63) is 45.9 Å². The lowest BCUT2D eigenvalue weighted by Gasteiger charge is -2.10. The molecule has 0 aliphatic rings. The zero-order chi connectivity index (χ0) is 12.6. The predicted molar refractivity (Wildman–Crippen MR) is 63.5 cm³/mol. The molecule has 1 aromatic carbocycles. The molecular weight excluding hydrogens is 291 g/mol. The van der Waals surface area contributed by atoms with Crippen LogP contribution in [0.4, 0.5) is 4.39 Å². The lowest BCUT2D eigenvalue weighted by atomic mass is 9.99. The average molecular weight is 299 g/mol. The minimum Gasteiger partial charge on any atom is -0.478 e. The van der Waals surface area contributed by atoms with Gasteiger partial charge in [-0.3, -0.25) is 0 Å². The van der Waals surface area contributed by atoms with E-state index < -0.39 is 11.8 Å². The van der Waals surface area contributed by atoms with Crippen molar-refractivity contribution in [1.29, 1.82) is 0 Å². The van der Waals surface area contributed by atoms with Crippen LogP contribution in [0.2, 0.25) is 0 Å². The first-order valence-corrected chi connectivity index (χ1v) is 5.57. The number of aromatic carboxylic acids is 1. The van der Waals surface area contributed by atoms with Crippen LogP contribution >= 0.6 is 15.9 Å². The molecule has 0 bridgehead atoms. The fraction of sp³-hybridized carbons (Fsp3) is 0.0833. The van der Waals surface area contributed by atoms with Crippen molar-refractivity contribution in [3.63, 3.8) is 0 Å². The molecule has 3 nitrogen and oxygen atoms in total. The van der Waals surface area contributed by atoms with Gasteiger partial charge in [-0.25, -0.2) is 9.18 Å². The summed E-state index contributed by atoms with van der Waals surface area (Å²) in [5, 5.41) is 9.16. The molecule has 88 valence electrons. The van der Waals surface area contributed by atoms with E-state index in [1.165, 1.54) is 12.3 Å². The molecule has 2 aromatic rings. The van der Waals surface area contributed by atoms with Gasteiger partial charge in [0.2, 0.25) is 0 Å². The van der Waals surface area contributed by atoms with Gasteiger partial charge in [0, 0.05) is 5.56 Å². The molecule has 5 heteroatoms. The van der Waals surface area contributed by atoms with Crippen LogP contribution in [0.15, 0.2) is 33.4 Å². The molecule has 0 saturated heterocycles. The van der Waals surface area contributed by atoms with Crippen molar-refractivity contribution >= 4 is 21.9 Å². The molecule has 1 heterocycles. The maximum Gasteiger partial charge on any atom is 0.337 e. The first-order valence-electron chi connectivity index (χ1n) is 4.78. The topological polar surface area (TPSA) is 50.4 Å². The molecule has 0 fully saturated rings. The number of halogens is 2. The number of furan rings is 1. The SMILES string of the molecule is Cc1cc(F)c(Br)c(C(=O)O)c1-c1ccco1. The summed E-state index contributed by atoms with van der Waals surface area (Å²) in [6.07, 6.45) is 1.44. The third-order valence-electron chi connectivity index (χ3n) is 2.40. The standard InChI is InChI=1S/C12H8BrFO3/c1-6-5-7(14)11(13)10(12(15)16)9(6)8-3-2-4-17-8/h2-5H,1H3,(H,15,16). The van der Waals surface area contributed by atoms with Crippen molar-refractivity contribution in [2.45, 2.75) is 6.92 Å². The van der Waals surface area contributed by atoms with Gasteiger partial charge in [-0.15, -0.1) is 0 Å². The molecule has 0 aliphatic carbocycles. The predicted octanol–water partition coefficient (Wildman–Crippen LogP) is 3.85. The Morgan fingerprint density at radius 3 is 2.76 bits per heavy atom. The number of hydrogen-bond acceptors (Lipinski definition) is 2. The quantitative estimate of drug-likeness (QED) is 0.916. The number of carbonyl (C=O) groups is 1. The Balaban J connectivity index is 2.82. The number of carboxylic acid groups (broad SMARTS) is 1. The van der Waals surface area contributed by atoms with Crippen LogP contribution < -0.4 is 0 Å². The minimum absolute atomic E-state index is 0.0676. The summed E-state index contributed by atoms with van der Waals surface area (Å²) in [5.74, 6) is -1.40. The largest absolute Gasteiger partial charge is 0.478 e. The maximum atomic E-state index is 13.5. The van der Waals surface area contributed by atoms with E-state index in [2.05, 4.69) is 15.9 Å². The van der Waals surface area contributed by atoms with E-state index in [0.29, 0.717) is 16.9 Å². The summed E-state index contributed by atoms with van der Waals surface area (Å²) < 4.78 is 18.6. The van der Waals surface area contributed by atoms with Crippen molar-refractivity contribution < 1.29 is 18.7 Å². The van der Waals surface area contributed by atoms with E-state index >= 15 is 0 Å². The fourth-order valence-corrected chi connectivity index (χ4v) is 2.17. The van der Waals surface area contributed by atoms with Crippen LogP contribution in [0.1, 0.15) is 15.9 Å². The maximum absolute atomic E-state index is 13.5. The van der Waals surface area contributed by atoms with Gasteiger partial charge < -0.3 is 9.52 Å². The van der Waals surface area contributed by atoms with E-state index in [-0.39, 0.29) is 10.0 Å². The third-order valence-corrected chi connectivity index (χ3v) is 3.17. The smallest absolute Gasteiger partial charge is 0.337 e. The Morgan fingerprint density at radius 2 is 2.24 bits per heavy atom. The molecule has 1 aromatic heterocycles. The van der Waals surface area contributed by atoms with Gasteiger partial charge in [-0.05, 0) is 46.6 Å². The number of hydrogen-bond donors (Lipinski definition) is 1. The summed E-state index contributed by atoms with van der Waals surface area (Å²) in [7, 11) is 0. The number of rotatable bonds is 2. The van der Waals surface area contributed by atoms with Gasteiger partial charge in [0.05, 0.1) is 16.3 Å². The van der Waals surface area contributed by atoms with Crippen LogP contribution in [0, 0.1) is 12.7 Å². The van der Waals surface area contributed by atoms with E-state index in [0.717, 1.165) is 0 Å². The first-order chi connectivity index (χ1) is 8.02. The number of carboxylic acids is 1. The highest BCUT2D eigenvalue weighted by molar-refractivity contribution is 9.10. The van der Waals surface area contributed by atoms with E-state index in [1.54, 1.807) is 19.1 Å². The third kappa shape index (κ3) is 1.98. The van der Waals surface area contributed by atoms with E-state index in [9.17, 15) is 9.18 Å². The second kappa shape index (κ2) is 4.33. The second-order valence-corrected chi connectivity index (χ2v) is 4.31. The normalized spacial score (nSPS) is 10.5. The summed E-state index contributed by atoms with van der Waals surface area (Å²) >= 11 is 2.95. The highest BCUT2D eigenvalue weighted by Gasteiger charge is 2.22. The number of benzene rings is 1. The molecule has 1 N–H and O–H groups in total. The summed E-state index contributed by atoms with van der Waals surface area (Å²) in [6.45, 7) is 1.64. The van der Waals surface area contributed by atoms with Crippen molar-refractivity contribution in [1.82, 2.24) is 0 Å². The molecule has 0 radical (unpaired) electrons. The molecular formula is C12H8BrFO3. The van der Waals surface area contributed by atoms with Crippen LogP contribution in [0.3, 0.4) is 0 Å². The minimum atomic E-state index is -1.20. The zero-order valence-corrected chi connectivity index (χ0v) is 10.4. The highest BCUT2D eigenvalue weighted by atomic mass is 79.9. The molecule has 17 heavy (non-hydrogen) atoms. The summed E-state index contributed by atoms with van der Waals surface area (Å²) in [6, 6.07) is 4.56. The number of aryl methyl sites for hydroxylation is 1. The van der Waals surface area contributed by atoms with E-state index in [1.807, 2.05) is 0 Å². The molecule has 0 atom stereocenters. The highest BCUT2D eigenvalue weighted by Crippen LogP contribution is 2.34. The van der Waals surface area contributed by atoms with Gasteiger partial charge in [0.1, 0.15) is 11.6 Å². The molecule has 0 amide bonds. The van der Waals surface area contributed by atoms with Gasteiger partial charge in [0.25, 0.3) is 0 Å². The summed E-state index contributed by atoms with van der Waals surface area (Å²) in [4.78, 5) is 11.2. The van der Waals surface area contributed by atoms with Gasteiger partial charge in [0.15, 0.2) is 0 Å². The molecule has 0 unspecified atom stereocenters. The summed E-state index contributed by atoms with van der Waals surface area (Å²) in [5.41, 5.74) is 0.770. The van der Waals surface area contributed by atoms with E-state index in [4.69, 9.17) is 9.52 Å². The van der Waals surface area contributed by atoms with Gasteiger partial charge >= 0.3 is 5.97 Å². The average Bonchev–Trinajstić information content (AvgIpc) is 2.75. The van der Waals surface area contributed by atoms with Crippen LogP contribution in [0.25, 0.3) is 11.3 Å². The van der Waals surface area contributed by atoms with Crippen molar-refractivity contribution in [2.75, 3.05) is 0 Å². The Labute approximate surface area is 105 Å². The van der Waals surface area contributed by atoms with Crippen LogP contribution in [-0.4, -0.2) is 11.1 Å². The van der Waals surface area contributed by atoms with Crippen molar-refractivity contribution in [3.8, 4) is 11.3 Å². The lowest BCUT2D eigenvalue weighted by molar-refractivity contribution is 0.0695. The molecule has 0 spiro atoms. The second-order valence-electron chi connectivity index (χ2n) is 3.52. The molecule has 0 aliphatic heterocycles. The Hall–Kier alpha value is -1.62.